The lowest BCUT2D eigenvalue weighted by molar-refractivity contribution is -0.255. The number of hydrogen-bond donors (Lipinski definition) is 0. The van der Waals surface area contributed by atoms with E-state index in [-0.39, 0.29) is 5.69 Å². The summed E-state index contributed by atoms with van der Waals surface area (Å²) in [6, 6.07) is 3.17. The Kier molecular flexibility index (Phi) is 2.74. The van der Waals surface area contributed by atoms with Crippen molar-refractivity contribution < 1.29 is 9.90 Å². The second kappa shape index (κ2) is 4.44. The largest absolute Gasteiger partial charge is 0.543 e. The molecule has 3 heterocycles. The van der Waals surface area contributed by atoms with E-state index in [0.29, 0.717) is 5.65 Å². The van der Waals surface area contributed by atoms with E-state index in [2.05, 4.69) is 15.2 Å². The molecule has 0 unspecified atom stereocenters. The Morgan fingerprint density at radius 1 is 1.40 bits per heavy atom. The molecule has 0 amide bonds. The van der Waals surface area contributed by atoms with Crippen LogP contribution in [0.15, 0.2) is 24.5 Å². The van der Waals surface area contributed by atoms with Gasteiger partial charge < -0.3 is 9.90 Å². The average molecular weight is 270 g/mol. The Labute approximate surface area is 114 Å². The van der Waals surface area contributed by atoms with E-state index in [1.165, 1.54) is 10.6 Å². The molecule has 0 atom stereocenters. The minimum atomic E-state index is -1.32. The van der Waals surface area contributed by atoms with Crippen LogP contribution in [0.25, 0.3) is 16.9 Å². The van der Waals surface area contributed by atoms with Crippen LogP contribution in [-0.4, -0.2) is 30.3 Å². The van der Waals surface area contributed by atoms with Crippen LogP contribution in [0.1, 0.15) is 23.1 Å². The summed E-state index contributed by atoms with van der Waals surface area (Å²) in [6.45, 7) is 4.66. The van der Waals surface area contributed by atoms with Crippen LogP contribution in [0.2, 0.25) is 0 Å². The monoisotopic (exact) mass is 270 g/mol. The molecule has 0 aliphatic rings. The quantitative estimate of drug-likeness (QED) is 0.682. The minimum Gasteiger partial charge on any atom is -0.543 e. The fraction of sp³-hybridized carbons (Fsp3) is 0.231. The zero-order chi connectivity index (χ0) is 14.3. The Bertz CT molecular complexity index is 802. The summed E-state index contributed by atoms with van der Waals surface area (Å²) < 4.78 is 3.31. The molecule has 102 valence electrons. The second-order valence-corrected chi connectivity index (χ2v) is 4.40. The maximum absolute atomic E-state index is 10.9. The van der Waals surface area contributed by atoms with E-state index in [9.17, 15) is 9.90 Å². The molecule has 3 aromatic rings. The third-order valence-corrected chi connectivity index (χ3v) is 3.11. The summed E-state index contributed by atoms with van der Waals surface area (Å²) >= 11 is 0. The smallest absolute Gasteiger partial charge is 0.156 e. The first-order valence-electron chi connectivity index (χ1n) is 6.20. The number of carbonyl (C=O) groups excluding carboxylic acids is 1. The molecule has 0 radical (unpaired) electrons. The van der Waals surface area contributed by atoms with Gasteiger partial charge in [0.1, 0.15) is 5.69 Å². The lowest BCUT2D eigenvalue weighted by Crippen LogP contribution is -2.22. The molecule has 0 saturated carbocycles. The highest BCUT2D eigenvalue weighted by molar-refractivity contribution is 5.85. The molecule has 3 aromatic heterocycles. The highest BCUT2D eigenvalue weighted by atomic mass is 16.4. The Balaban J connectivity index is 2.24. The fourth-order valence-electron chi connectivity index (χ4n) is 2.13. The van der Waals surface area contributed by atoms with Gasteiger partial charge in [0.2, 0.25) is 0 Å². The first-order valence-corrected chi connectivity index (χ1v) is 6.20. The van der Waals surface area contributed by atoms with Crippen LogP contribution in [-0.2, 0) is 6.54 Å². The molecular formula is C13H12N5O2-. The van der Waals surface area contributed by atoms with Crippen molar-refractivity contribution in [1.82, 2.24) is 24.4 Å². The number of carboxylic acids is 1. The average Bonchev–Trinajstić information content (AvgIpc) is 3.01. The SMILES string of the molecule is CCn1cc(-c2ccnc3cc(C(=O)[O-])nn23)c(C)n1. The summed E-state index contributed by atoms with van der Waals surface area (Å²) in [5, 5.41) is 19.3. The van der Waals surface area contributed by atoms with E-state index in [4.69, 9.17) is 0 Å². The van der Waals surface area contributed by atoms with Crippen molar-refractivity contribution in [3.63, 3.8) is 0 Å². The van der Waals surface area contributed by atoms with Crippen LogP contribution in [0.3, 0.4) is 0 Å². The molecule has 3 rings (SSSR count). The summed E-state index contributed by atoms with van der Waals surface area (Å²) in [5.74, 6) is -1.32. The molecule has 0 spiro atoms. The highest BCUT2D eigenvalue weighted by Gasteiger charge is 2.13. The zero-order valence-corrected chi connectivity index (χ0v) is 11.1. The maximum Gasteiger partial charge on any atom is 0.156 e. The zero-order valence-electron chi connectivity index (χ0n) is 11.1. The predicted octanol–water partition coefficient (Wildman–Crippen LogP) is 0.285. The van der Waals surface area contributed by atoms with E-state index in [1.54, 1.807) is 12.3 Å². The van der Waals surface area contributed by atoms with Crippen molar-refractivity contribution in [3.8, 4) is 11.3 Å². The molecule has 0 aliphatic carbocycles. The summed E-state index contributed by atoms with van der Waals surface area (Å²) in [5.41, 5.74) is 2.83. The Hall–Kier alpha value is -2.70. The van der Waals surface area contributed by atoms with Crippen molar-refractivity contribution in [2.75, 3.05) is 0 Å². The number of nitrogens with zero attached hydrogens (tertiary/aromatic N) is 5. The summed E-state index contributed by atoms with van der Waals surface area (Å²) in [4.78, 5) is 15.0. The Morgan fingerprint density at radius 2 is 2.20 bits per heavy atom. The fourth-order valence-corrected chi connectivity index (χ4v) is 2.13. The number of hydrogen-bond acceptors (Lipinski definition) is 5. The van der Waals surface area contributed by atoms with Gasteiger partial charge in [-0.1, -0.05) is 0 Å². The van der Waals surface area contributed by atoms with E-state index in [1.807, 2.05) is 24.7 Å². The van der Waals surface area contributed by atoms with Crippen LogP contribution >= 0.6 is 0 Å². The van der Waals surface area contributed by atoms with Crippen LogP contribution in [0.5, 0.6) is 0 Å². The topological polar surface area (TPSA) is 88.1 Å². The van der Waals surface area contributed by atoms with Gasteiger partial charge in [-0.2, -0.15) is 10.2 Å². The molecule has 0 bridgehead atoms. The molecule has 0 saturated heterocycles. The number of aromatic nitrogens is 5. The van der Waals surface area contributed by atoms with Gasteiger partial charge in [-0.05, 0) is 19.9 Å². The Morgan fingerprint density at radius 3 is 2.85 bits per heavy atom. The summed E-state index contributed by atoms with van der Waals surface area (Å²) in [7, 11) is 0. The predicted molar refractivity (Wildman–Crippen MR) is 68.9 cm³/mol. The number of carbonyl (C=O) groups is 1. The van der Waals surface area contributed by atoms with Gasteiger partial charge in [0.25, 0.3) is 0 Å². The van der Waals surface area contributed by atoms with Crippen LogP contribution in [0.4, 0.5) is 0 Å². The van der Waals surface area contributed by atoms with Gasteiger partial charge in [-0.25, -0.2) is 9.50 Å². The molecule has 0 N–H and O–H groups in total. The molecule has 0 fully saturated rings. The van der Waals surface area contributed by atoms with Gasteiger partial charge in [-0.3, -0.25) is 4.68 Å². The molecular weight excluding hydrogens is 258 g/mol. The third kappa shape index (κ3) is 1.83. The van der Waals surface area contributed by atoms with Gasteiger partial charge >= 0.3 is 0 Å². The van der Waals surface area contributed by atoms with Crippen LogP contribution in [0, 0.1) is 6.92 Å². The van der Waals surface area contributed by atoms with E-state index >= 15 is 0 Å². The highest BCUT2D eigenvalue weighted by Crippen LogP contribution is 2.22. The van der Waals surface area contributed by atoms with Gasteiger partial charge in [-0.15, -0.1) is 0 Å². The van der Waals surface area contributed by atoms with Crippen molar-refractivity contribution >= 4 is 11.6 Å². The van der Waals surface area contributed by atoms with Crippen molar-refractivity contribution in [3.05, 3.63) is 35.9 Å². The van der Waals surface area contributed by atoms with Crippen molar-refractivity contribution in [2.45, 2.75) is 20.4 Å². The molecule has 20 heavy (non-hydrogen) atoms. The normalized spacial score (nSPS) is 11.1. The third-order valence-electron chi connectivity index (χ3n) is 3.11. The first kappa shape index (κ1) is 12.3. The van der Waals surface area contributed by atoms with Crippen molar-refractivity contribution in [2.24, 2.45) is 0 Å². The lowest BCUT2D eigenvalue weighted by atomic mass is 10.2. The van der Waals surface area contributed by atoms with Crippen LogP contribution < -0.4 is 5.11 Å². The maximum atomic E-state index is 10.9. The number of aryl methyl sites for hydroxylation is 2. The van der Waals surface area contributed by atoms with Gasteiger partial charge in [0.15, 0.2) is 5.65 Å². The van der Waals surface area contributed by atoms with Gasteiger partial charge in [0, 0.05) is 30.6 Å². The standard InChI is InChI=1S/C13H13N5O2/c1-3-17-7-9(8(2)15-17)11-4-5-14-12-6-10(13(19)20)16-18(11)12/h4-7H,3H2,1-2H3,(H,19,20)/p-1. The molecule has 7 nitrogen and oxygen atoms in total. The number of carboxylic acid groups (broad SMARTS) is 1. The number of rotatable bonds is 3. The van der Waals surface area contributed by atoms with Crippen molar-refractivity contribution in [1.29, 1.82) is 0 Å². The molecule has 0 aromatic carbocycles. The lowest BCUT2D eigenvalue weighted by Gasteiger charge is -2.02. The van der Waals surface area contributed by atoms with E-state index in [0.717, 1.165) is 23.5 Å². The molecule has 7 heteroatoms. The first-order chi connectivity index (χ1) is 9.60. The van der Waals surface area contributed by atoms with E-state index < -0.39 is 5.97 Å². The molecule has 0 aliphatic heterocycles. The number of fused-ring (bicyclic) bond motifs is 1. The summed E-state index contributed by atoms with van der Waals surface area (Å²) in [6.07, 6.45) is 3.53. The van der Waals surface area contributed by atoms with Gasteiger partial charge in [0.05, 0.1) is 17.4 Å². The number of aromatic carboxylic acids is 1. The second-order valence-electron chi connectivity index (χ2n) is 4.40. The minimum absolute atomic E-state index is 0.134.